The zero-order valence-corrected chi connectivity index (χ0v) is 33.0. The van der Waals surface area contributed by atoms with Gasteiger partial charge in [0.2, 0.25) is 0 Å². The first-order valence-corrected chi connectivity index (χ1v) is 21.2. The molecule has 5 aliphatic rings. The van der Waals surface area contributed by atoms with Gasteiger partial charge in [-0.1, -0.05) is 171 Å². The van der Waals surface area contributed by atoms with Crippen LogP contribution in [0.1, 0.15) is 59.1 Å². The number of hydrogen-bond donors (Lipinski definition) is 0. The van der Waals surface area contributed by atoms with E-state index in [9.17, 15) is 0 Å². The average Bonchev–Trinajstić information content (AvgIpc) is 3.76. The second-order valence-corrected chi connectivity index (χ2v) is 17.2. The molecule has 0 aliphatic heterocycles. The molecule has 278 valence electrons. The summed E-state index contributed by atoms with van der Waals surface area (Å²) in [7, 11) is 0. The minimum Gasteiger partial charge on any atom is -0.311 e. The molecule has 1 heteroatoms. The van der Waals surface area contributed by atoms with Crippen molar-refractivity contribution >= 4 is 38.5 Å². The van der Waals surface area contributed by atoms with Crippen LogP contribution < -0.4 is 4.90 Å². The Morgan fingerprint density at radius 2 is 1.08 bits per heavy atom. The fourth-order valence-electron chi connectivity index (χ4n) is 12.0. The molecule has 59 heavy (non-hydrogen) atoms. The topological polar surface area (TPSA) is 3.24 Å². The molecule has 0 saturated heterocycles. The van der Waals surface area contributed by atoms with Crippen molar-refractivity contribution in [1.82, 2.24) is 0 Å². The highest BCUT2D eigenvalue weighted by atomic mass is 15.1. The molecule has 8 aromatic carbocycles. The first-order chi connectivity index (χ1) is 29.2. The van der Waals surface area contributed by atoms with Crippen molar-refractivity contribution in [2.75, 3.05) is 4.90 Å². The van der Waals surface area contributed by atoms with E-state index < -0.39 is 0 Å². The minimum atomic E-state index is -0.363. The summed E-state index contributed by atoms with van der Waals surface area (Å²) in [6, 6.07) is 63.8. The molecule has 1 nitrogen and oxygen atoms in total. The van der Waals surface area contributed by atoms with Gasteiger partial charge in [-0.2, -0.15) is 0 Å². The van der Waals surface area contributed by atoms with Crippen LogP contribution in [-0.4, -0.2) is 0 Å². The summed E-state index contributed by atoms with van der Waals surface area (Å²) in [6.07, 6.45) is 14.6. The van der Waals surface area contributed by atoms with E-state index in [4.69, 9.17) is 0 Å². The quantitative estimate of drug-likeness (QED) is 0.163. The lowest BCUT2D eigenvalue weighted by Gasteiger charge is -2.46. The molecule has 0 heterocycles. The lowest BCUT2D eigenvalue weighted by molar-refractivity contribution is 0.517. The van der Waals surface area contributed by atoms with Gasteiger partial charge in [0.15, 0.2) is 0 Å². The summed E-state index contributed by atoms with van der Waals surface area (Å²) in [5.74, 6) is 0.0652. The van der Waals surface area contributed by atoms with Crippen LogP contribution in [0.5, 0.6) is 0 Å². The Bertz CT molecular complexity index is 3150. The molecule has 0 saturated carbocycles. The van der Waals surface area contributed by atoms with E-state index in [1.165, 1.54) is 94.0 Å². The molecule has 0 N–H and O–H groups in total. The molecule has 0 bridgehead atoms. The van der Waals surface area contributed by atoms with Gasteiger partial charge in [0.25, 0.3) is 0 Å². The van der Waals surface area contributed by atoms with E-state index in [0.717, 1.165) is 24.2 Å². The zero-order valence-electron chi connectivity index (χ0n) is 33.0. The number of nitrogens with zero attached hydrogens (tertiary/aromatic N) is 1. The molecule has 13 rings (SSSR count). The third-order valence-electron chi connectivity index (χ3n) is 14.4. The van der Waals surface area contributed by atoms with Gasteiger partial charge in [0.1, 0.15) is 0 Å². The Morgan fingerprint density at radius 1 is 0.508 bits per heavy atom. The number of fused-ring (bicyclic) bond motifs is 20. The van der Waals surface area contributed by atoms with Crippen LogP contribution in [0.4, 0.5) is 11.4 Å². The van der Waals surface area contributed by atoms with Crippen LogP contribution in [-0.2, 0) is 10.8 Å². The zero-order chi connectivity index (χ0) is 38.9. The minimum absolute atomic E-state index is 0.0652. The van der Waals surface area contributed by atoms with E-state index >= 15 is 0 Å². The number of para-hydroxylation sites is 2. The van der Waals surface area contributed by atoms with Crippen LogP contribution in [0.2, 0.25) is 0 Å². The number of rotatable bonds is 3. The molecule has 8 aromatic rings. The predicted octanol–water partition coefficient (Wildman–Crippen LogP) is 14.7. The highest BCUT2D eigenvalue weighted by molar-refractivity contribution is 6.17. The monoisotopic (exact) mass is 751 g/mol. The Balaban J connectivity index is 1.15. The van der Waals surface area contributed by atoms with E-state index in [1.54, 1.807) is 0 Å². The van der Waals surface area contributed by atoms with Crippen LogP contribution >= 0.6 is 0 Å². The SMILES string of the molecule is CC12C=CC(N(c3ccccc3)c3ccccc3)=CC1c1c(c3ccccc3c3ccccc13)-c1cc3c(cc12)C1(C2=C3CCC=C2)c2ccccc2-c2ccccc21. The maximum absolute atomic E-state index is 2.69. The van der Waals surface area contributed by atoms with Gasteiger partial charge in [0.05, 0.1) is 5.41 Å². The second kappa shape index (κ2) is 12.0. The average molecular weight is 752 g/mol. The van der Waals surface area contributed by atoms with E-state index in [2.05, 4.69) is 212 Å². The predicted molar refractivity (Wildman–Crippen MR) is 246 cm³/mol. The van der Waals surface area contributed by atoms with E-state index in [-0.39, 0.29) is 16.7 Å². The summed E-state index contributed by atoms with van der Waals surface area (Å²) >= 11 is 0. The fraction of sp³-hybridized carbons (Fsp3) is 0.103. The molecular formula is C58H41N. The van der Waals surface area contributed by atoms with E-state index in [0.29, 0.717) is 0 Å². The lowest BCUT2D eigenvalue weighted by atomic mass is 9.58. The first-order valence-electron chi connectivity index (χ1n) is 21.2. The van der Waals surface area contributed by atoms with Crippen LogP contribution in [0.3, 0.4) is 0 Å². The van der Waals surface area contributed by atoms with Gasteiger partial charge in [-0.25, -0.2) is 0 Å². The van der Waals surface area contributed by atoms with Crippen molar-refractivity contribution in [2.45, 2.75) is 36.5 Å². The van der Waals surface area contributed by atoms with Crippen LogP contribution in [0, 0.1) is 0 Å². The van der Waals surface area contributed by atoms with Crippen molar-refractivity contribution < 1.29 is 0 Å². The number of benzene rings is 8. The van der Waals surface area contributed by atoms with Gasteiger partial charge >= 0.3 is 0 Å². The van der Waals surface area contributed by atoms with Crippen molar-refractivity contribution in [3.8, 4) is 22.3 Å². The molecule has 0 radical (unpaired) electrons. The Labute approximate surface area is 345 Å². The third kappa shape index (κ3) is 4.25. The Morgan fingerprint density at radius 3 is 1.76 bits per heavy atom. The summed E-state index contributed by atoms with van der Waals surface area (Å²) in [6.45, 7) is 2.51. The van der Waals surface area contributed by atoms with Crippen molar-refractivity contribution in [3.63, 3.8) is 0 Å². The highest BCUT2D eigenvalue weighted by Crippen LogP contribution is 2.66. The normalized spacial score (nSPS) is 19.7. The standard InChI is InChI=1S/C58H41N/c1-57-33-32-39(59(37-18-4-2-5-19-37)38-20-6-3-7-21-38)34-54(57)56-46-28-11-9-23-41(46)40-22-8-10-27-45(40)55(56)48-35-47-44-26-14-17-31-51(44)58(53(47)36-52(48)57)49-29-15-12-24-42(49)43-25-13-16-30-50(43)58/h2-13,15-25,27-36,54H,14,26H2,1H3. The smallest absolute Gasteiger partial charge is 0.0722 e. The highest BCUT2D eigenvalue weighted by Gasteiger charge is 2.54. The summed E-state index contributed by atoms with van der Waals surface area (Å²) in [5.41, 5.74) is 19.8. The number of anilines is 2. The van der Waals surface area contributed by atoms with Crippen molar-refractivity contribution in [2.24, 2.45) is 0 Å². The second-order valence-electron chi connectivity index (χ2n) is 17.2. The van der Waals surface area contributed by atoms with Gasteiger partial charge in [-0.3, -0.25) is 0 Å². The number of hydrogen-bond acceptors (Lipinski definition) is 1. The summed E-state index contributed by atoms with van der Waals surface area (Å²) in [4.78, 5) is 2.43. The summed E-state index contributed by atoms with van der Waals surface area (Å²) < 4.78 is 0. The molecule has 0 aromatic heterocycles. The van der Waals surface area contributed by atoms with Gasteiger partial charge < -0.3 is 4.90 Å². The third-order valence-corrected chi connectivity index (χ3v) is 14.4. The molecule has 0 amide bonds. The van der Waals surface area contributed by atoms with Gasteiger partial charge in [-0.05, 0) is 138 Å². The van der Waals surface area contributed by atoms with Crippen LogP contribution in [0.15, 0.2) is 212 Å². The molecule has 2 atom stereocenters. The largest absolute Gasteiger partial charge is 0.311 e. The molecule has 2 unspecified atom stereocenters. The van der Waals surface area contributed by atoms with E-state index in [1.807, 2.05) is 0 Å². The molecule has 5 aliphatic carbocycles. The molecule has 0 fully saturated rings. The summed E-state index contributed by atoms with van der Waals surface area (Å²) in [5, 5.41) is 5.31. The fourth-order valence-corrected chi connectivity index (χ4v) is 12.0. The number of allylic oxidation sites excluding steroid dienone is 7. The van der Waals surface area contributed by atoms with Crippen molar-refractivity contribution in [1.29, 1.82) is 0 Å². The maximum Gasteiger partial charge on any atom is 0.0722 e. The van der Waals surface area contributed by atoms with Crippen molar-refractivity contribution in [3.05, 3.63) is 245 Å². The first kappa shape index (κ1) is 33.1. The lowest BCUT2D eigenvalue weighted by Crippen LogP contribution is -2.36. The Hall–Kier alpha value is -6.96. The maximum atomic E-state index is 2.69. The Kier molecular flexibility index (Phi) is 6.74. The van der Waals surface area contributed by atoms with Crippen LogP contribution in [0.25, 0.3) is 49.4 Å². The van der Waals surface area contributed by atoms with Gasteiger partial charge in [-0.15, -0.1) is 0 Å². The molecule has 1 spiro atoms. The molecular weight excluding hydrogens is 711 g/mol. The van der Waals surface area contributed by atoms with Gasteiger partial charge in [0, 0.05) is 28.4 Å².